The topological polar surface area (TPSA) is 75.3 Å². The molecule has 1 rings (SSSR count). The molecule has 1 aliphatic rings. The fraction of sp³-hybridized carbons (Fsp3) is 0.947. The van der Waals surface area contributed by atoms with Crippen LogP contribution in [0.25, 0.3) is 0 Å². The quantitative estimate of drug-likeness (QED) is 0.540. The van der Waals surface area contributed by atoms with E-state index in [-0.39, 0.29) is 23.8 Å². The lowest BCUT2D eigenvalue weighted by Crippen LogP contribution is -2.42. The molecule has 0 heterocycles. The Morgan fingerprint density at radius 1 is 1.26 bits per heavy atom. The number of unbranched alkanes of at least 4 members (excludes halogenated alkanes) is 1. The molecule has 1 aliphatic carbocycles. The van der Waals surface area contributed by atoms with Crippen LogP contribution in [0.5, 0.6) is 0 Å². The summed E-state index contributed by atoms with van der Waals surface area (Å²) in [4.78, 5) is 12.3. The van der Waals surface area contributed by atoms with Gasteiger partial charge in [0.2, 0.25) is 5.91 Å². The maximum absolute atomic E-state index is 12.3. The Balaban J connectivity index is 2.45. The Labute approximate surface area is 142 Å². The maximum Gasteiger partial charge on any atom is 0.223 e. The first kappa shape index (κ1) is 20.4. The van der Waals surface area contributed by atoms with Crippen LogP contribution in [0, 0.1) is 17.8 Å². The summed E-state index contributed by atoms with van der Waals surface area (Å²) in [7, 11) is 0. The molecule has 0 aromatic rings. The third kappa shape index (κ3) is 7.67. The lowest BCUT2D eigenvalue weighted by Gasteiger charge is -2.29. The Kier molecular flexibility index (Phi) is 9.80. The zero-order valence-electron chi connectivity index (χ0n) is 15.4. The summed E-state index contributed by atoms with van der Waals surface area (Å²) >= 11 is 0. The summed E-state index contributed by atoms with van der Waals surface area (Å²) in [5.74, 6) is 0.786. The van der Waals surface area contributed by atoms with E-state index in [2.05, 4.69) is 12.2 Å². The van der Waals surface area contributed by atoms with Gasteiger partial charge in [-0.15, -0.1) is 0 Å². The first-order chi connectivity index (χ1) is 11.0. The van der Waals surface area contributed by atoms with Crippen LogP contribution < -0.4 is 11.1 Å². The van der Waals surface area contributed by atoms with E-state index in [0.717, 1.165) is 25.8 Å². The van der Waals surface area contributed by atoms with Crippen molar-refractivity contribution in [3.05, 3.63) is 0 Å². The minimum Gasteiger partial charge on any atom is -0.391 e. The van der Waals surface area contributed by atoms with Gasteiger partial charge in [-0.05, 0) is 31.1 Å². The first-order valence-electron chi connectivity index (χ1n) is 9.67. The van der Waals surface area contributed by atoms with Gasteiger partial charge in [-0.3, -0.25) is 4.79 Å². The maximum atomic E-state index is 12.3. The molecule has 1 saturated carbocycles. The summed E-state index contributed by atoms with van der Waals surface area (Å²) in [6, 6.07) is -0.206. The lowest BCUT2D eigenvalue weighted by atomic mass is 9.81. The van der Waals surface area contributed by atoms with Crippen molar-refractivity contribution in [1.29, 1.82) is 0 Å². The second-order valence-corrected chi connectivity index (χ2v) is 7.70. The monoisotopic (exact) mass is 326 g/mol. The zero-order valence-corrected chi connectivity index (χ0v) is 15.4. The van der Waals surface area contributed by atoms with Gasteiger partial charge < -0.3 is 16.2 Å². The van der Waals surface area contributed by atoms with Crippen molar-refractivity contribution in [2.75, 3.05) is 6.54 Å². The zero-order chi connectivity index (χ0) is 17.2. The van der Waals surface area contributed by atoms with Crippen molar-refractivity contribution in [3.63, 3.8) is 0 Å². The highest BCUT2D eigenvalue weighted by Gasteiger charge is 2.29. The van der Waals surface area contributed by atoms with Gasteiger partial charge in [0.05, 0.1) is 6.10 Å². The van der Waals surface area contributed by atoms with Crippen LogP contribution in [-0.4, -0.2) is 29.7 Å². The van der Waals surface area contributed by atoms with E-state index in [9.17, 15) is 9.90 Å². The third-order valence-electron chi connectivity index (χ3n) is 5.29. The van der Waals surface area contributed by atoms with Gasteiger partial charge in [0.15, 0.2) is 0 Å². The highest BCUT2D eigenvalue weighted by atomic mass is 16.3. The van der Waals surface area contributed by atoms with Gasteiger partial charge in [-0.2, -0.15) is 0 Å². The van der Waals surface area contributed by atoms with Gasteiger partial charge in [-0.1, -0.05) is 59.3 Å². The Hall–Kier alpha value is -0.610. The number of amides is 1. The molecule has 1 fully saturated rings. The smallest absolute Gasteiger partial charge is 0.223 e. The summed E-state index contributed by atoms with van der Waals surface area (Å²) in [5, 5.41) is 13.5. The minimum atomic E-state index is -0.582. The van der Waals surface area contributed by atoms with Crippen LogP contribution in [-0.2, 0) is 4.79 Å². The minimum absolute atomic E-state index is 0.0670. The number of rotatable bonds is 10. The Morgan fingerprint density at radius 3 is 2.48 bits per heavy atom. The van der Waals surface area contributed by atoms with Crippen molar-refractivity contribution in [3.8, 4) is 0 Å². The Bertz CT molecular complexity index is 327. The number of nitrogens with one attached hydrogen (secondary N) is 1. The molecule has 0 spiro atoms. The van der Waals surface area contributed by atoms with Crippen molar-refractivity contribution in [1.82, 2.24) is 5.32 Å². The molecular formula is C19H38N2O2. The molecule has 1 unspecified atom stereocenters. The average Bonchev–Trinajstić information content (AvgIpc) is 2.53. The van der Waals surface area contributed by atoms with Crippen LogP contribution in [0.2, 0.25) is 0 Å². The molecule has 0 aliphatic heterocycles. The molecule has 4 heteroatoms. The van der Waals surface area contributed by atoms with Crippen LogP contribution in [0.3, 0.4) is 0 Å². The van der Waals surface area contributed by atoms with E-state index in [1.807, 2.05) is 13.8 Å². The molecule has 0 aromatic heterocycles. The normalized spacial score (nSPS) is 20.3. The number of hydrogen-bond donors (Lipinski definition) is 3. The molecule has 4 nitrogen and oxygen atoms in total. The second-order valence-electron chi connectivity index (χ2n) is 7.70. The number of carbonyl (C=O) groups is 1. The highest BCUT2D eigenvalue weighted by Crippen LogP contribution is 2.28. The predicted molar refractivity (Wildman–Crippen MR) is 96.0 cm³/mol. The predicted octanol–water partition coefficient (Wildman–Crippen LogP) is 3.22. The summed E-state index contributed by atoms with van der Waals surface area (Å²) in [5.41, 5.74) is 6.24. The van der Waals surface area contributed by atoms with Gasteiger partial charge >= 0.3 is 0 Å². The molecular weight excluding hydrogens is 288 g/mol. The summed E-state index contributed by atoms with van der Waals surface area (Å²) in [6.07, 6.45) is 9.26. The largest absolute Gasteiger partial charge is 0.391 e. The van der Waals surface area contributed by atoms with Gasteiger partial charge in [-0.25, -0.2) is 0 Å². The lowest BCUT2D eigenvalue weighted by molar-refractivity contribution is -0.127. The van der Waals surface area contributed by atoms with Gasteiger partial charge in [0, 0.05) is 18.5 Å². The Morgan fingerprint density at radius 2 is 1.91 bits per heavy atom. The first-order valence-corrected chi connectivity index (χ1v) is 9.67. The highest BCUT2D eigenvalue weighted by molar-refractivity contribution is 5.78. The molecule has 23 heavy (non-hydrogen) atoms. The molecule has 136 valence electrons. The van der Waals surface area contributed by atoms with Crippen molar-refractivity contribution in [2.45, 2.75) is 90.7 Å². The second kappa shape index (κ2) is 11.0. The molecule has 0 aromatic carbocycles. The molecule has 0 saturated heterocycles. The third-order valence-corrected chi connectivity index (χ3v) is 5.29. The van der Waals surface area contributed by atoms with E-state index in [0.29, 0.717) is 12.3 Å². The van der Waals surface area contributed by atoms with Crippen LogP contribution in [0.4, 0.5) is 0 Å². The van der Waals surface area contributed by atoms with Crippen LogP contribution in [0.15, 0.2) is 0 Å². The molecule has 0 bridgehead atoms. The number of carbonyl (C=O) groups excluding carboxylic acids is 1. The molecule has 3 atom stereocenters. The van der Waals surface area contributed by atoms with E-state index in [1.54, 1.807) is 0 Å². The van der Waals surface area contributed by atoms with E-state index < -0.39 is 6.10 Å². The molecule has 1 amide bonds. The van der Waals surface area contributed by atoms with Crippen molar-refractivity contribution in [2.24, 2.45) is 23.5 Å². The summed E-state index contributed by atoms with van der Waals surface area (Å²) < 4.78 is 0. The molecule has 4 N–H and O–H groups in total. The standard InChI is InChI=1S/C19H38N2O2/c1-4-5-11-21-19(23)16(14(2)3)13-18(22)17(20)12-15-9-7-6-8-10-15/h14-18,22H,4-13,20H2,1-3H3,(H,21,23)/t16-,17?,18-/m0/s1. The number of aliphatic hydroxyl groups is 1. The van der Waals surface area contributed by atoms with Gasteiger partial charge in [0.25, 0.3) is 0 Å². The number of nitrogens with two attached hydrogens (primary N) is 1. The van der Waals surface area contributed by atoms with E-state index in [4.69, 9.17) is 5.73 Å². The van der Waals surface area contributed by atoms with Crippen molar-refractivity contribution >= 4 is 5.91 Å². The van der Waals surface area contributed by atoms with Crippen molar-refractivity contribution < 1.29 is 9.90 Å². The number of aliphatic hydroxyl groups excluding tert-OH is 1. The fourth-order valence-electron chi connectivity index (χ4n) is 3.60. The molecule has 0 radical (unpaired) electrons. The SMILES string of the molecule is CCCCNC(=O)[C@@H](C[C@H](O)C(N)CC1CCCCC1)C(C)C. The summed E-state index contributed by atoms with van der Waals surface area (Å²) in [6.45, 7) is 6.93. The fourth-order valence-corrected chi connectivity index (χ4v) is 3.60. The van der Waals surface area contributed by atoms with Crippen LogP contribution >= 0.6 is 0 Å². The van der Waals surface area contributed by atoms with E-state index >= 15 is 0 Å². The van der Waals surface area contributed by atoms with Gasteiger partial charge in [0.1, 0.15) is 0 Å². The van der Waals surface area contributed by atoms with E-state index in [1.165, 1.54) is 32.1 Å². The van der Waals surface area contributed by atoms with Crippen LogP contribution in [0.1, 0.15) is 78.6 Å². The number of hydrogen-bond acceptors (Lipinski definition) is 3. The average molecular weight is 327 g/mol.